The van der Waals surface area contributed by atoms with Crippen molar-refractivity contribution >= 4 is 27.5 Å². The molecule has 1 N–H and O–H groups in total. The van der Waals surface area contributed by atoms with Crippen LogP contribution in [0.25, 0.3) is 0 Å². The molecule has 1 amide bonds. The van der Waals surface area contributed by atoms with Crippen LogP contribution in [0.2, 0.25) is 0 Å². The van der Waals surface area contributed by atoms with E-state index in [0.717, 1.165) is 18.5 Å². The first-order chi connectivity index (χ1) is 8.97. The van der Waals surface area contributed by atoms with Crippen LogP contribution in [-0.4, -0.2) is 35.4 Å². The minimum absolute atomic E-state index is 0.0426. The summed E-state index contributed by atoms with van der Waals surface area (Å²) in [5.41, 5.74) is 0.824. The van der Waals surface area contributed by atoms with Gasteiger partial charge in [-0.3, -0.25) is 14.9 Å². The second-order valence-corrected chi connectivity index (χ2v) is 5.47. The SMILES string of the molecule is CN1CCC(NCc2cc(Br)cc([N+](=O)[O-])c2)C1=O. The van der Waals surface area contributed by atoms with Gasteiger partial charge < -0.3 is 10.2 Å². The van der Waals surface area contributed by atoms with Gasteiger partial charge in [0.15, 0.2) is 0 Å². The van der Waals surface area contributed by atoms with Crippen LogP contribution in [-0.2, 0) is 11.3 Å². The van der Waals surface area contributed by atoms with Gasteiger partial charge in [-0.25, -0.2) is 0 Å². The number of nitrogens with zero attached hydrogens (tertiary/aromatic N) is 2. The number of non-ortho nitro benzene ring substituents is 1. The van der Waals surface area contributed by atoms with E-state index in [2.05, 4.69) is 21.2 Å². The molecule has 6 nitrogen and oxygen atoms in total. The van der Waals surface area contributed by atoms with Gasteiger partial charge in [-0.05, 0) is 18.1 Å². The third kappa shape index (κ3) is 3.30. The second kappa shape index (κ2) is 5.66. The summed E-state index contributed by atoms with van der Waals surface area (Å²) < 4.78 is 0.661. The number of halogens is 1. The van der Waals surface area contributed by atoms with Crippen LogP contribution in [0.4, 0.5) is 5.69 Å². The maximum Gasteiger partial charge on any atom is 0.270 e. The fourth-order valence-electron chi connectivity index (χ4n) is 2.09. The van der Waals surface area contributed by atoms with E-state index < -0.39 is 4.92 Å². The molecular formula is C12H14BrN3O3. The molecule has 1 aliphatic rings. The number of amides is 1. The van der Waals surface area contributed by atoms with Gasteiger partial charge in [-0.2, -0.15) is 0 Å². The molecule has 0 aromatic heterocycles. The molecule has 0 saturated carbocycles. The van der Waals surface area contributed by atoms with Gasteiger partial charge in [-0.1, -0.05) is 15.9 Å². The van der Waals surface area contributed by atoms with Crippen LogP contribution >= 0.6 is 15.9 Å². The molecule has 1 heterocycles. The van der Waals surface area contributed by atoms with Crippen molar-refractivity contribution in [2.24, 2.45) is 0 Å². The van der Waals surface area contributed by atoms with Crippen molar-refractivity contribution in [1.29, 1.82) is 0 Å². The number of rotatable bonds is 4. The first kappa shape index (κ1) is 14.0. The first-order valence-electron chi connectivity index (χ1n) is 5.89. The van der Waals surface area contributed by atoms with Gasteiger partial charge in [0.1, 0.15) is 0 Å². The Kier molecular flexibility index (Phi) is 4.16. The van der Waals surface area contributed by atoms with Gasteiger partial charge in [0.05, 0.1) is 11.0 Å². The summed E-state index contributed by atoms with van der Waals surface area (Å²) in [6.45, 7) is 1.18. The summed E-state index contributed by atoms with van der Waals surface area (Å²) in [4.78, 5) is 23.7. The minimum Gasteiger partial charge on any atom is -0.344 e. The second-order valence-electron chi connectivity index (χ2n) is 4.56. The fraction of sp³-hybridized carbons (Fsp3) is 0.417. The molecule has 1 atom stereocenters. The van der Waals surface area contributed by atoms with E-state index in [0.29, 0.717) is 11.0 Å². The zero-order valence-electron chi connectivity index (χ0n) is 10.4. The Labute approximate surface area is 119 Å². The van der Waals surface area contributed by atoms with Crippen molar-refractivity contribution in [2.45, 2.75) is 19.0 Å². The zero-order chi connectivity index (χ0) is 14.0. The Hall–Kier alpha value is -1.47. The van der Waals surface area contributed by atoms with Crippen molar-refractivity contribution < 1.29 is 9.72 Å². The maximum absolute atomic E-state index is 11.7. The number of likely N-dealkylation sites (tertiary alicyclic amines) is 1. The Balaban J connectivity index is 2.03. The summed E-state index contributed by atoms with van der Waals surface area (Å²) in [7, 11) is 1.77. The number of nitro benzene ring substituents is 1. The number of carbonyl (C=O) groups is 1. The average molecular weight is 328 g/mol. The van der Waals surface area contributed by atoms with Gasteiger partial charge in [0.25, 0.3) is 5.69 Å². The maximum atomic E-state index is 11.7. The highest BCUT2D eigenvalue weighted by molar-refractivity contribution is 9.10. The molecule has 1 unspecified atom stereocenters. The first-order valence-corrected chi connectivity index (χ1v) is 6.69. The molecule has 1 aliphatic heterocycles. The minimum atomic E-state index is -0.428. The van der Waals surface area contributed by atoms with E-state index in [9.17, 15) is 14.9 Å². The number of hydrogen-bond donors (Lipinski definition) is 1. The lowest BCUT2D eigenvalue weighted by Gasteiger charge is -2.12. The van der Waals surface area contributed by atoms with Crippen molar-refractivity contribution in [3.05, 3.63) is 38.3 Å². The Morgan fingerprint density at radius 3 is 2.84 bits per heavy atom. The molecule has 2 rings (SSSR count). The van der Waals surface area contributed by atoms with E-state index in [1.54, 1.807) is 11.9 Å². The highest BCUT2D eigenvalue weighted by Gasteiger charge is 2.28. The third-order valence-electron chi connectivity index (χ3n) is 3.13. The number of likely N-dealkylation sites (N-methyl/N-ethyl adjacent to an activating group) is 1. The number of nitrogens with one attached hydrogen (secondary N) is 1. The molecule has 0 spiro atoms. The molecular weight excluding hydrogens is 314 g/mol. The lowest BCUT2D eigenvalue weighted by atomic mass is 10.2. The molecule has 19 heavy (non-hydrogen) atoms. The number of carbonyl (C=O) groups excluding carboxylic acids is 1. The lowest BCUT2D eigenvalue weighted by molar-refractivity contribution is -0.385. The van der Waals surface area contributed by atoms with Crippen molar-refractivity contribution in [3.63, 3.8) is 0 Å². The molecule has 7 heteroatoms. The lowest BCUT2D eigenvalue weighted by Crippen LogP contribution is -2.36. The van der Waals surface area contributed by atoms with E-state index in [1.165, 1.54) is 12.1 Å². The van der Waals surface area contributed by atoms with Crippen LogP contribution in [0.5, 0.6) is 0 Å². The van der Waals surface area contributed by atoms with Gasteiger partial charge >= 0.3 is 0 Å². The van der Waals surface area contributed by atoms with Crippen molar-refractivity contribution in [2.75, 3.05) is 13.6 Å². The molecule has 102 valence electrons. The molecule has 0 aliphatic carbocycles. The van der Waals surface area contributed by atoms with Crippen LogP contribution < -0.4 is 5.32 Å². The van der Waals surface area contributed by atoms with Crippen molar-refractivity contribution in [1.82, 2.24) is 10.2 Å². The summed E-state index contributed by atoms with van der Waals surface area (Å²) in [6.07, 6.45) is 0.769. The summed E-state index contributed by atoms with van der Waals surface area (Å²) in [5.74, 6) is 0.0736. The summed E-state index contributed by atoms with van der Waals surface area (Å²) in [5, 5.41) is 13.9. The summed E-state index contributed by atoms with van der Waals surface area (Å²) in [6, 6.07) is 4.59. The molecule has 0 radical (unpaired) electrons. The van der Waals surface area contributed by atoms with Crippen LogP contribution in [0.1, 0.15) is 12.0 Å². The van der Waals surface area contributed by atoms with Crippen molar-refractivity contribution in [3.8, 4) is 0 Å². The highest BCUT2D eigenvalue weighted by atomic mass is 79.9. The quantitative estimate of drug-likeness (QED) is 0.674. The van der Waals surface area contributed by atoms with Gasteiger partial charge in [-0.15, -0.1) is 0 Å². The highest BCUT2D eigenvalue weighted by Crippen LogP contribution is 2.21. The third-order valence-corrected chi connectivity index (χ3v) is 3.59. The molecule has 1 aromatic rings. The van der Waals surface area contributed by atoms with Crippen LogP contribution in [0.15, 0.2) is 22.7 Å². The van der Waals surface area contributed by atoms with E-state index in [1.807, 2.05) is 6.07 Å². The zero-order valence-corrected chi connectivity index (χ0v) is 12.0. The normalized spacial score (nSPS) is 18.9. The standard InChI is InChI=1S/C12H14BrN3O3/c1-15-3-2-11(12(15)17)14-7-8-4-9(13)6-10(5-8)16(18)19/h4-6,11,14H,2-3,7H2,1H3. The summed E-state index contributed by atoms with van der Waals surface area (Å²) >= 11 is 3.25. The van der Waals surface area contributed by atoms with E-state index in [4.69, 9.17) is 0 Å². The Morgan fingerprint density at radius 2 is 2.26 bits per heavy atom. The van der Waals surface area contributed by atoms with E-state index in [-0.39, 0.29) is 17.6 Å². The molecule has 1 fully saturated rings. The number of benzene rings is 1. The Morgan fingerprint density at radius 1 is 1.53 bits per heavy atom. The fourth-order valence-corrected chi connectivity index (χ4v) is 2.62. The topological polar surface area (TPSA) is 75.5 Å². The predicted octanol–water partition coefficient (Wildman–Crippen LogP) is 1.68. The molecule has 1 saturated heterocycles. The number of hydrogen-bond acceptors (Lipinski definition) is 4. The monoisotopic (exact) mass is 327 g/mol. The average Bonchev–Trinajstić information content (AvgIpc) is 2.67. The van der Waals surface area contributed by atoms with Crippen LogP contribution in [0.3, 0.4) is 0 Å². The number of nitro groups is 1. The molecule has 1 aromatic carbocycles. The van der Waals surface area contributed by atoms with Crippen LogP contribution in [0, 0.1) is 10.1 Å². The smallest absolute Gasteiger partial charge is 0.270 e. The molecule has 0 bridgehead atoms. The predicted molar refractivity (Wildman–Crippen MR) is 73.7 cm³/mol. The van der Waals surface area contributed by atoms with Gasteiger partial charge in [0, 0.05) is 36.7 Å². The largest absolute Gasteiger partial charge is 0.344 e. The van der Waals surface area contributed by atoms with Gasteiger partial charge in [0.2, 0.25) is 5.91 Å². The Bertz CT molecular complexity index is 521. The van der Waals surface area contributed by atoms with E-state index >= 15 is 0 Å².